The normalized spacial score (nSPS) is 20.3. The van der Waals surface area contributed by atoms with Crippen molar-refractivity contribution in [3.05, 3.63) is 219 Å². The third kappa shape index (κ3) is 13.5. The third-order valence-corrected chi connectivity index (χ3v) is 16.9. The van der Waals surface area contributed by atoms with Crippen LogP contribution in [0.25, 0.3) is 0 Å². The van der Waals surface area contributed by atoms with Crippen LogP contribution in [0.4, 0.5) is 0 Å². The highest BCUT2D eigenvalue weighted by molar-refractivity contribution is 7.49. The highest BCUT2D eigenvalue weighted by Gasteiger charge is 2.49. The Hall–Kier alpha value is -7.09. The van der Waals surface area contributed by atoms with Gasteiger partial charge in [-0.2, -0.15) is 5.26 Å². The number of aromatic nitrogens is 4. The van der Waals surface area contributed by atoms with E-state index in [1.165, 1.54) is 55.1 Å². The second-order valence-electron chi connectivity index (χ2n) is 18.8. The molecule has 0 spiro atoms. The number of hydrogen-bond acceptors (Lipinski definition) is 18. The van der Waals surface area contributed by atoms with Crippen LogP contribution >= 0.6 is 38.8 Å². The zero-order valence-corrected chi connectivity index (χ0v) is 47.7. The van der Waals surface area contributed by atoms with Gasteiger partial charge in [0, 0.05) is 36.4 Å². The van der Waals surface area contributed by atoms with Gasteiger partial charge < -0.3 is 32.7 Å². The fourth-order valence-corrected chi connectivity index (χ4v) is 12.6. The number of hydrogen-bond donors (Lipinski definition) is 2. The Morgan fingerprint density at radius 3 is 1.49 bits per heavy atom. The zero-order chi connectivity index (χ0) is 58.2. The number of phosphoric ester groups is 2. The van der Waals surface area contributed by atoms with Gasteiger partial charge in [-0.15, -0.1) is 0 Å². The lowest BCUT2D eigenvalue weighted by Crippen LogP contribution is -2.38. The summed E-state index contributed by atoms with van der Waals surface area (Å²) in [6.45, 7) is 1.44. The molecule has 430 valence electrons. The first-order valence-electron chi connectivity index (χ1n) is 25.5. The lowest BCUT2D eigenvalue weighted by molar-refractivity contribution is -0.0949. The molecule has 2 saturated heterocycles. The van der Waals surface area contributed by atoms with Gasteiger partial charge in [0.1, 0.15) is 65.5 Å². The van der Waals surface area contributed by atoms with E-state index in [-0.39, 0.29) is 58.5 Å². The minimum atomic E-state index is -5.12. The van der Waals surface area contributed by atoms with Crippen molar-refractivity contribution in [1.82, 2.24) is 19.1 Å². The van der Waals surface area contributed by atoms with Crippen LogP contribution in [-0.4, -0.2) is 77.6 Å². The van der Waals surface area contributed by atoms with Crippen molar-refractivity contribution < 1.29 is 60.0 Å². The van der Waals surface area contributed by atoms with Gasteiger partial charge in [0.15, 0.2) is 0 Å². The van der Waals surface area contributed by atoms with Gasteiger partial charge in [-0.25, -0.2) is 18.7 Å². The lowest BCUT2D eigenvalue weighted by Gasteiger charge is -2.37. The summed E-state index contributed by atoms with van der Waals surface area (Å²) in [6.07, 6.45) is -6.03. The molecular formula is C56H55Cl2N5O17P2. The maximum absolute atomic E-state index is 15.8. The molecule has 5 aromatic carbocycles. The summed E-state index contributed by atoms with van der Waals surface area (Å²) in [6, 6.07) is 37.9. The molecule has 2 aromatic heterocycles. The minimum absolute atomic E-state index is 0.00404. The van der Waals surface area contributed by atoms with Crippen molar-refractivity contribution in [2.45, 2.75) is 75.6 Å². The number of nitrogens with zero attached hydrogens (tertiary/aromatic N) is 3. The monoisotopic (exact) mass is 1200 g/mol. The standard InChI is InChI=1S/C56H55Cl2N5O17P2/c1-35-31-62(54(66)60-52(35)64)50-29-46(48(75-50)33-72-56(37-13-6-5-7-14-37,38-19-23-40(70-3)24-20-38)39-21-25-41(71-4)26-22-39)80-82(69,78-45-18-11-9-16-43(45)58)74-34-49-47(30-51(76-49)63-32-36(2)53(65)61-55(63)67)79-81(68,73-28-12-27-59)77-44-17-10-8-15-42(44)57/h5-11,13-26,31-32,46-51H,12,28-30,33-34H2,1-4H3,(H,60,64,66)(H,61,65,67)/t46-,47-,48+,49+,50+,51+,81?,82?/m0/s1. The van der Waals surface area contributed by atoms with Crippen molar-refractivity contribution in [2.75, 3.05) is 34.0 Å². The lowest BCUT2D eigenvalue weighted by atomic mass is 9.80. The maximum atomic E-state index is 15.8. The van der Waals surface area contributed by atoms with Crippen LogP contribution in [0.3, 0.4) is 0 Å². The van der Waals surface area contributed by atoms with Crippen molar-refractivity contribution in [3.63, 3.8) is 0 Å². The largest absolute Gasteiger partial charge is 0.530 e. The molecule has 4 heterocycles. The molecule has 22 nitrogen and oxygen atoms in total. The molecule has 9 rings (SSSR count). The van der Waals surface area contributed by atoms with Crippen LogP contribution in [0, 0.1) is 25.2 Å². The Balaban J connectivity index is 1.11. The summed E-state index contributed by atoms with van der Waals surface area (Å²) in [5.41, 5.74) is -2.05. The summed E-state index contributed by atoms with van der Waals surface area (Å²) < 4.78 is 101. The highest BCUT2D eigenvalue weighted by atomic mass is 35.5. The Morgan fingerprint density at radius 2 is 1.04 bits per heavy atom. The SMILES string of the molecule is COc1ccc(C(OC[C@H]2O[C@@H](n3cc(C)c(=O)[nH]c3=O)C[C@@H]2OP(=O)(OC[C@H]2O[C@@H](n3cc(C)c(=O)[nH]c3=O)C[C@@H]2OP(=O)(OCCC#N)Oc2ccccc2Cl)Oc2ccccc2Cl)(c2ccccc2)c2ccc(OC)cc2)cc1. The van der Waals surface area contributed by atoms with Gasteiger partial charge in [0.05, 0.1) is 56.6 Å². The summed E-state index contributed by atoms with van der Waals surface area (Å²) in [5, 5.41) is 9.39. The highest BCUT2D eigenvalue weighted by Crippen LogP contribution is 2.57. The van der Waals surface area contributed by atoms with Crippen LogP contribution in [-0.2, 0) is 47.0 Å². The summed E-state index contributed by atoms with van der Waals surface area (Å²) >= 11 is 13.0. The predicted molar refractivity (Wildman–Crippen MR) is 299 cm³/mol. The van der Waals surface area contributed by atoms with Gasteiger partial charge in [0.2, 0.25) is 0 Å². The molecule has 0 aliphatic carbocycles. The number of aromatic amines is 2. The summed E-state index contributed by atoms with van der Waals surface area (Å²) in [5.74, 6) is 0.899. The van der Waals surface area contributed by atoms with Crippen LogP contribution in [0.2, 0.25) is 10.0 Å². The minimum Gasteiger partial charge on any atom is -0.497 e. The average Bonchev–Trinajstić information content (AvgIpc) is 2.98. The van der Waals surface area contributed by atoms with Crippen molar-refractivity contribution in [1.29, 1.82) is 5.26 Å². The molecule has 26 heteroatoms. The number of halogens is 2. The van der Waals surface area contributed by atoms with E-state index in [2.05, 4.69) is 9.97 Å². The number of nitriles is 1. The number of phosphoric acid groups is 2. The molecule has 2 aliphatic rings. The van der Waals surface area contributed by atoms with Gasteiger partial charge in [-0.1, -0.05) is 102 Å². The number of aryl methyl sites for hydroxylation is 2. The van der Waals surface area contributed by atoms with Crippen LogP contribution in [0.5, 0.6) is 23.0 Å². The van der Waals surface area contributed by atoms with Crippen molar-refractivity contribution >= 4 is 38.8 Å². The van der Waals surface area contributed by atoms with Gasteiger partial charge in [-0.05, 0) is 79.1 Å². The second kappa shape index (κ2) is 26.0. The summed E-state index contributed by atoms with van der Waals surface area (Å²) in [4.78, 5) is 56.6. The smallest absolute Gasteiger partial charge is 0.497 e. The molecule has 0 saturated carbocycles. The molecule has 0 radical (unpaired) electrons. The molecule has 2 fully saturated rings. The van der Waals surface area contributed by atoms with E-state index >= 15 is 4.57 Å². The van der Waals surface area contributed by atoms with Gasteiger partial charge in [0.25, 0.3) is 11.1 Å². The number of H-pyrrole nitrogens is 2. The molecule has 8 atom stereocenters. The van der Waals surface area contributed by atoms with Crippen molar-refractivity contribution in [3.8, 4) is 29.1 Å². The van der Waals surface area contributed by atoms with E-state index in [4.69, 9.17) is 74.0 Å². The topological polar surface area (TPSA) is 269 Å². The number of ether oxygens (including phenoxy) is 5. The fraction of sp³-hybridized carbons (Fsp3) is 0.304. The van der Waals surface area contributed by atoms with E-state index in [0.29, 0.717) is 28.2 Å². The van der Waals surface area contributed by atoms with E-state index in [1.54, 1.807) is 62.8 Å². The Labute approximate surface area is 479 Å². The Kier molecular flexibility index (Phi) is 18.9. The Morgan fingerprint density at radius 1 is 0.610 bits per heavy atom. The maximum Gasteiger partial charge on any atom is 0.530 e. The molecule has 2 unspecified atom stereocenters. The number of methoxy groups -OCH3 is 2. The number of nitrogens with one attached hydrogen (secondary N) is 2. The van der Waals surface area contributed by atoms with Gasteiger partial charge >= 0.3 is 27.0 Å². The first-order valence-corrected chi connectivity index (χ1v) is 29.2. The molecule has 0 amide bonds. The Bertz CT molecular complexity index is 3720. The van der Waals surface area contributed by atoms with Crippen LogP contribution in [0.15, 0.2) is 159 Å². The van der Waals surface area contributed by atoms with E-state index in [9.17, 15) is 29.0 Å². The number of para-hydroxylation sites is 2. The predicted octanol–water partition coefficient (Wildman–Crippen LogP) is 9.70. The molecule has 82 heavy (non-hydrogen) atoms. The van der Waals surface area contributed by atoms with E-state index < -0.39 is 93.8 Å². The molecule has 0 bridgehead atoms. The fourth-order valence-electron chi connectivity index (χ4n) is 9.28. The first kappa shape index (κ1) is 59.5. The van der Waals surface area contributed by atoms with Crippen LogP contribution < -0.4 is 41.0 Å². The van der Waals surface area contributed by atoms with E-state index in [1.807, 2.05) is 60.7 Å². The molecule has 2 N–H and O–H groups in total. The molecule has 2 aliphatic heterocycles. The van der Waals surface area contributed by atoms with Crippen LogP contribution in [0.1, 0.15) is 59.5 Å². The zero-order valence-electron chi connectivity index (χ0n) is 44.4. The number of benzene rings is 5. The second-order valence-corrected chi connectivity index (χ2v) is 22.7. The van der Waals surface area contributed by atoms with Crippen molar-refractivity contribution in [2.24, 2.45) is 0 Å². The summed E-state index contributed by atoms with van der Waals surface area (Å²) in [7, 11) is -6.81. The third-order valence-electron chi connectivity index (χ3n) is 13.4. The van der Waals surface area contributed by atoms with Gasteiger partial charge in [-0.3, -0.25) is 46.8 Å². The molecular weight excluding hydrogens is 1150 g/mol. The van der Waals surface area contributed by atoms with E-state index in [0.717, 1.165) is 4.57 Å². The average molecular weight is 1200 g/mol. The molecule has 7 aromatic rings. The number of rotatable bonds is 24. The quantitative estimate of drug-likeness (QED) is 0.0324. The first-order chi connectivity index (χ1) is 39.4.